The van der Waals surface area contributed by atoms with Gasteiger partial charge in [0.25, 0.3) is 0 Å². The fraction of sp³-hybridized carbons (Fsp3) is 0.630. The van der Waals surface area contributed by atoms with Gasteiger partial charge in [-0.1, -0.05) is 51.5 Å². The Morgan fingerprint density at radius 2 is 1.60 bits per heavy atom. The second-order valence-electron chi connectivity index (χ2n) is 18.2. The van der Waals surface area contributed by atoms with E-state index in [4.69, 9.17) is 13.6 Å². The summed E-state index contributed by atoms with van der Waals surface area (Å²) in [6.45, 7) is 9.52. The fourth-order valence-electron chi connectivity index (χ4n) is 11.6. The van der Waals surface area contributed by atoms with Crippen molar-refractivity contribution in [3.8, 4) is 0 Å². The van der Waals surface area contributed by atoms with Crippen LogP contribution in [0.15, 0.2) is 37.4 Å². The Hall–Kier alpha value is -4.29. The molecule has 2 aromatic heterocycles. The summed E-state index contributed by atoms with van der Waals surface area (Å²) in [5.74, 6) is 0.358. The van der Waals surface area contributed by atoms with Gasteiger partial charge >= 0.3 is 11.7 Å². The van der Waals surface area contributed by atoms with Crippen molar-refractivity contribution in [2.24, 2.45) is 28.6 Å². The van der Waals surface area contributed by atoms with Crippen molar-refractivity contribution in [1.82, 2.24) is 5.32 Å². The first-order valence-electron chi connectivity index (χ1n) is 21.4. The molecule has 7 rings (SSSR count). The molecule has 0 aliphatic heterocycles. The van der Waals surface area contributed by atoms with Gasteiger partial charge in [0, 0.05) is 47.2 Å². The van der Waals surface area contributed by atoms with Gasteiger partial charge in [-0.3, -0.25) is 14.4 Å². The molecule has 0 bridgehead atoms. The lowest BCUT2D eigenvalue weighted by Gasteiger charge is -2.60. The van der Waals surface area contributed by atoms with E-state index in [0.717, 1.165) is 91.7 Å². The summed E-state index contributed by atoms with van der Waals surface area (Å²) in [6, 6.07) is 3.36. The van der Waals surface area contributed by atoms with Gasteiger partial charge in [0.05, 0.1) is 11.8 Å². The van der Waals surface area contributed by atoms with Crippen LogP contribution in [0.5, 0.6) is 0 Å². The molecule has 2 heterocycles. The number of rotatable bonds is 14. The van der Waals surface area contributed by atoms with E-state index in [2.05, 4.69) is 17.6 Å². The van der Waals surface area contributed by atoms with Crippen LogP contribution in [0.1, 0.15) is 127 Å². The number of unbranched alkanes of at least 4 members (excludes halogenated alkanes) is 6. The quantitative estimate of drug-likeness (QED) is 0.0919. The maximum Gasteiger partial charge on any atom is 0.407 e. The predicted molar refractivity (Wildman–Crippen MR) is 219 cm³/mol. The number of furan rings is 1. The fourth-order valence-corrected chi connectivity index (χ4v) is 11.6. The number of aliphatic hydroxyl groups excluding tert-OH is 1. The highest BCUT2D eigenvalue weighted by atomic mass is 16.6. The SMILES string of the molecule is Cc1oc2c(C)c3oc(=O)cc(C)c3cc2c1NC(=O)CCCCCCCCCNC(=O)OCC(=O)[C@@]1(O)CCC2C3CCC4=CC(=O)CCC4(C)C3C(O)CC21C. The molecule has 0 saturated heterocycles. The summed E-state index contributed by atoms with van der Waals surface area (Å²) in [6.07, 6.45) is 11.3. The van der Waals surface area contributed by atoms with Crippen LogP contribution in [0.4, 0.5) is 10.5 Å². The van der Waals surface area contributed by atoms with Crippen LogP contribution < -0.4 is 16.3 Å². The zero-order valence-corrected chi connectivity index (χ0v) is 34.7. The number of alkyl carbamates (subject to hydrolysis) is 1. The average molecular weight is 801 g/mol. The number of hydrogen-bond donors (Lipinski definition) is 4. The molecule has 0 radical (unpaired) electrons. The Morgan fingerprint density at radius 3 is 2.36 bits per heavy atom. The third-order valence-electron chi connectivity index (χ3n) is 14.8. The number of ketones is 2. The van der Waals surface area contributed by atoms with Gasteiger partial charge in [0.1, 0.15) is 22.5 Å². The van der Waals surface area contributed by atoms with Crippen molar-refractivity contribution in [3.63, 3.8) is 0 Å². The topological polar surface area (TPSA) is 185 Å². The minimum absolute atomic E-state index is 0.0110. The molecular formula is C46H60N2O10. The van der Waals surface area contributed by atoms with Crippen molar-refractivity contribution in [1.29, 1.82) is 0 Å². The number of amides is 2. The maximum absolute atomic E-state index is 13.6. The zero-order valence-electron chi connectivity index (χ0n) is 34.7. The van der Waals surface area contributed by atoms with E-state index in [1.807, 2.05) is 33.8 Å². The van der Waals surface area contributed by atoms with Crippen LogP contribution in [0.3, 0.4) is 0 Å². The molecule has 58 heavy (non-hydrogen) atoms. The predicted octanol–water partition coefficient (Wildman–Crippen LogP) is 8.05. The lowest BCUT2D eigenvalue weighted by molar-refractivity contribution is -0.182. The minimum Gasteiger partial charge on any atom is -0.459 e. The summed E-state index contributed by atoms with van der Waals surface area (Å²) in [7, 11) is 0. The molecule has 12 nitrogen and oxygen atoms in total. The van der Waals surface area contributed by atoms with Crippen LogP contribution >= 0.6 is 0 Å². The highest BCUT2D eigenvalue weighted by molar-refractivity contribution is 6.08. The first kappa shape index (κ1) is 41.9. The van der Waals surface area contributed by atoms with E-state index >= 15 is 0 Å². The highest BCUT2D eigenvalue weighted by Crippen LogP contribution is 2.67. The Morgan fingerprint density at radius 1 is 0.897 bits per heavy atom. The molecular weight excluding hydrogens is 741 g/mol. The number of benzene rings is 1. The molecule has 4 N–H and O–H groups in total. The summed E-state index contributed by atoms with van der Waals surface area (Å²) in [5, 5.41) is 30.9. The van der Waals surface area contributed by atoms with E-state index < -0.39 is 41.2 Å². The Kier molecular flexibility index (Phi) is 11.8. The van der Waals surface area contributed by atoms with Gasteiger partial charge in [0.2, 0.25) is 11.7 Å². The largest absolute Gasteiger partial charge is 0.459 e. The van der Waals surface area contributed by atoms with Crippen molar-refractivity contribution < 1.29 is 43.0 Å². The molecule has 7 atom stereocenters. The van der Waals surface area contributed by atoms with Gasteiger partial charge in [-0.05, 0) is 113 Å². The van der Waals surface area contributed by atoms with Gasteiger partial charge in [0.15, 0.2) is 12.4 Å². The van der Waals surface area contributed by atoms with Gasteiger partial charge < -0.3 is 34.4 Å². The number of allylic oxidation sites excluding steroid dienone is 1. The Labute approximate surface area is 339 Å². The zero-order chi connectivity index (χ0) is 41.6. The van der Waals surface area contributed by atoms with Gasteiger partial charge in [-0.15, -0.1) is 0 Å². The van der Waals surface area contributed by atoms with Crippen molar-refractivity contribution >= 4 is 51.2 Å². The number of fused-ring (bicyclic) bond motifs is 7. The molecule has 4 aliphatic carbocycles. The monoisotopic (exact) mass is 800 g/mol. The standard InChI is InChI=1S/C46H60N2O10/c1-26-21-38(53)58-41-27(2)42-33(23-32(26)41)40(28(3)57-42)48-37(52)13-11-9-7-6-8-10-12-20-47-43(54)56-25-36(51)46(55)19-17-34-31-15-14-29-22-30(49)16-18-44(29,4)39(31)35(50)24-45(34,46)5/h21-23,31,34-35,39,50,55H,6-20,24-25H2,1-5H3,(H,47,54)(H,48,52)/t31?,34?,35?,39?,44?,45?,46-/m0/s1. The van der Waals surface area contributed by atoms with Crippen LogP contribution in [0, 0.1) is 49.4 Å². The van der Waals surface area contributed by atoms with Crippen molar-refractivity contribution in [3.05, 3.63) is 51.1 Å². The van der Waals surface area contributed by atoms with Gasteiger partial charge in [-0.25, -0.2) is 9.59 Å². The van der Waals surface area contributed by atoms with Gasteiger partial charge in [-0.2, -0.15) is 0 Å². The molecule has 4 aliphatic rings. The number of aliphatic hydroxyl groups is 2. The molecule has 314 valence electrons. The number of carbonyl (C=O) groups excluding carboxylic acids is 4. The van der Waals surface area contributed by atoms with Crippen LogP contribution in [0.2, 0.25) is 0 Å². The molecule has 3 saturated carbocycles. The van der Waals surface area contributed by atoms with E-state index in [9.17, 15) is 34.2 Å². The first-order valence-corrected chi connectivity index (χ1v) is 21.4. The molecule has 1 aromatic carbocycles. The molecule has 3 fully saturated rings. The normalized spacial score (nSPS) is 29.1. The van der Waals surface area contributed by atoms with E-state index in [-0.39, 0.29) is 41.3 Å². The molecule has 0 spiro atoms. The second-order valence-corrected chi connectivity index (χ2v) is 18.2. The van der Waals surface area contributed by atoms with E-state index in [0.29, 0.717) is 54.8 Å². The summed E-state index contributed by atoms with van der Waals surface area (Å²) < 4.78 is 16.7. The summed E-state index contributed by atoms with van der Waals surface area (Å²) >= 11 is 0. The van der Waals surface area contributed by atoms with Crippen LogP contribution in [-0.4, -0.2) is 58.6 Å². The smallest absolute Gasteiger partial charge is 0.407 e. The Balaban J connectivity index is 0.779. The number of ether oxygens (including phenoxy) is 1. The molecule has 3 aromatic rings. The van der Waals surface area contributed by atoms with Crippen LogP contribution in [0.25, 0.3) is 21.9 Å². The molecule has 12 heteroatoms. The molecule has 2 amide bonds. The van der Waals surface area contributed by atoms with E-state index in [1.165, 1.54) is 6.07 Å². The lowest BCUT2D eigenvalue weighted by Crippen LogP contribution is -2.62. The van der Waals surface area contributed by atoms with E-state index in [1.54, 1.807) is 6.08 Å². The summed E-state index contributed by atoms with van der Waals surface area (Å²) in [5.41, 5.74) is 1.22. The summed E-state index contributed by atoms with van der Waals surface area (Å²) in [4.78, 5) is 63.1. The minimum atomic E-state index is -1.68. The third-order valence-corrected chi connectivity index (χ3v) is 14.8. The highest BCUT2D eigenvalue weighted by Gasteiger charge is 2.68. The maximum atomic E-state index is 13.6. The number of hydrogen-bond acceptors (Lipinski definition) is 10. The molecule has 6 unspecified atom stereocenters. The third kappa shape index (κ3) is 7.55. The number of aryl methyl sites for hydroxylation is 3. The number of anilines is 1. The van der Waals surface area contributed by atoms with Crippen molar-refractivity contribution in [2.75, 3.05) is 18.5 Å². The van der Waals surface area contributed by atoms with Crippen LogP contribution in [-0.2, 0) is 19.1 Å². The first-order chi connectivity index (χ1) is 27.6. The lowest BCUT2D eigenvalue weighted by atomic mass is 9.45. The second kappa shape index (κ2) is 16.4. The van der Waals surface area contributed by atoms with Crippen molar-refractivity contribution in [2.45, 2.75) is 143 Å². The number of carbonyl (C=O) groups is 4. The number of Topliss-reactive ketones (excluding diaryl/α,β-unsaturated/α-hetero) is 1. The average Bonchev–Trinajstić information content (AvgIpc) is 3.63. The Bertz CT molecular complexity index is 2200. The number of nitrogens with one attached hydrogen (secondary N) is 2.